The van der Waals surface area contributed by atoms with Crippen LogP contribution < -0.4 is 9.47 Å². The van der Waals surface area contributed by atoms with Crippen molar-refractivity contribution in [2.75, 3.05) is 20.7 Å². The van der Waals surface area contributed by atoms with Gasteiger partial charge in [-0.1, -0.05) is 26.0 Å². The maximum atomic E-state index is 12.2. The van der Waals surface area contributed by atoms with E-state index in [0.29, 0.717) is 6.42 Å². The Morgan fingerprint density at radius 2 is 2.26 bits per heavy atom. The van der Waals surface area contributed by atoms with Gasteiger partial charge < -0.3 is 19.1 Å². The lowest BCUT2D eigenvalue weighted by atomic mass is 9.69. The third-order valence-electron chi connectivity index (χ3n) is 6.41. The molecule has 0 saturated heterocycles. The lowest BCUT2D eigenvalue weighted by molar-refractivity contribution is -0.152. The predicted molar refractivity (Wildman–Crippen MR) is 103 cm³/mol. The van der Waals surface area contributed by atoms with Gasteiger partial charge >= 0.3 is 5.97 Å². The molecule has 0 saturated carbocycles. The van der Waals surface area contributed by atoms with Crippen molar-refractivity contribution in [3.63, 3.8) is 0 Å². The van der Waals surface area contributed by atoms with E-state index < -0.39 is 0 Å². The van der Waals surface area contributed by atoms with Crippen LogP contribution in [-0.4, -0.2) is 43.8 Å². The summed E-state index contributed by atoms with van der Waals surface area (Å²) in [7, 11) is 3.85. The Kier molecular flexibility index (Phi) is 4.66. The molecule has 0 fully saturated rings. The van der Waals surface area contributed by atoms with Gasteiger partial charge in [0.15, 0.2) is 11.5 Å². The lowest BCUT2D eigenvalue weighted by Crippen LogP contribution is -2.44. The molecule has 4 atom stereocenters. The highest BCUT2D eigenvalue weighted by Crippen LogP contribution is 2.55. The van der Waals surface area contributed by atoms with Crippen LogP contribution >= 0.6 is 0 Å². The van der Waals surface area contributed by atoms with Crippen LogP contribution in [0, 0.1) is 5.92 Å². The van der Waals surface area contributed by atoms with Gasteiger partial charge in [0, 0.05) is 18.5 Å². The van der Waals surface area contributed by atoms with Gasteiger partial charge in [-0.15, -0.1) is 0 Å². The van der Waals surface area contributed by atoms with E-state index in [4.69, 9.17) is 14.2 Å². The molecular weight excluding hydrogens is 342 g/mol. The summed E-state index contributed by atoms with van der Waals surface area (Å²) in [5, 5.41) is 0. The molecule has 2 aliphatic heterocycles. The zero-order valence-corrected chi connectivity index (χ0v) is 16.7. The average Bonchev–Trinajstić information content (AvgIpc) is 2.93. The minimum Gasteiger partial charge on any atom is -0.493 e. The first-order valence-corrected chi connectivity index (χ1v) is 9.94. The molecule has 5 nitrogen and oxygen atoms in total. The Labute approximate surface area is 161 Å². The standard InChI is InChI=1S/C22H29NO4/c1-5-14(2)21(24)26-16-8-9-22-10-11-23(3)13-15-6-7-17(25-4)20(19(15)22)27-18(22)12-16/h6-9,14,16,18H,5,10-13H2,1-4H3/t14?,16-,18?,22-/m0/s1. The molecule has 0 radical (unpaired) electrons. The Balaban J connectivity index is 1.70. The molecule has 2 unspecified atom stereocenters. The summed E-state index contributed by atoms with van der Waals surface area (Å²) in [6.07, 6.45) is 6.51. The smallest absolute Gasteiger partial charge is 0.309 e. The fourth-order valence-electron chi connectivity index (χ4n) is 4.58. The monoisotopic (exact) mass is 371 g/mol. The van der Waals surface area contributed by atoms with Crippen LogP contribution in [0.15, 0.2) is 24.3 Å². The lowest BCUT2D eigenvalue weighted by Gasteiger charge is -2.37. The van der Waals surface area contributed by atoms with E-state index in [-0.39, 0.29) is 29.5 Å². The van der Waals surface area contributed by atoms with Crippen molar-refractivity contribution >= 4 is 5.97 Å². The van der Waals surface area contributed by atoms with Crippen LogP contribution in [0.25, 0.3) is 0 Å². The van der Waals surface area contributed by atoms with Crippen LogP contribution in [0.1, 0.15) is 44.2 Å². The van der Waals surface area contributed by atoms with Crippen LogP contribution in [0.5, 0.6) is 11.5 Å². The first-order valence-electron chi connectivity index (χ1n) is 9.94. The summed E-state index contributed by atoms with van der Waals surface area (Å²) in [5.74, 6) is 1.45. The van der Waals surface area contributed by atoms with E-state index in [1.165, 1.54) is 11.1 Å². The fraction of sp³-hybridized carbons (Fsp3) is 0.591. The minimum atomic E-state index is -0.230. The topological polar surface area (TPSA) is 48.0 Å². The molecule has 0 aromatic heterocycles. The van der Waals surface area contributed by atoms with Crippen molar-refractivity contribution in [3.8, 4) is 11.5 Å². The number of methoxy groups -OCH3 is 1. The molecule has 2 heterocycles. The number of hydrogen-bond donors (Lipinski definition) is 0. The summed E-state index contributed by atoms with van der Waals surface area (Å²) in [5.41, 5.74) is 2.40. The first kappa shape index (κ1) is 18.4. The summed E-state index contributed by atoms with van der Waals surface area (Å²) >= 11 is 0. The van der Waals surface area contributed by atoms with E-state index in [1.54, 1.807) is 7.11 Å². The van der Waals surface area contributed by atoms with Crippen molar-refractivity contribution in [1.29, 1.82) is 0 Å². The zero-order chi connectivity index (χ0) is 19.2. The molecule has 27 heavy (non-hydrogen) atoms. The minimum absolute atomic E-state index is 0.0335. The molecule has 0 amide bonds. The zero-order valence-electron chi connectivity index (χ0n) is 16.7. The van der Waals surface area contributed by atoms with Crippen LogP contribution in [-0.2, 0) is 21.5 Å². The number of esters is 1. The highest BCUT2D eigenvalue weighted by atomic mass is 16.6. The molecule has 1 aromatic rings. The van der Waals surface area contributed by atoms with Crippen molar-refractivity contribution in [2.45, 2.75) is 57.3 Å². The third kappa shape index (κ3) is 2.92. The van der Waals surface area contributed by atoms with Crippen LogP contribution in [0.4, 0.5) is 0 Å². The number of hydrogen-bond acceptors (Lipinski definition) is 5. The van der Waals surface area contributed by atoms with E-state index in [2.05, 4.69) is 30.2 Å². The van der Waals surface area contributed by atoms with Crippen LogP contribution in [0.2, 0.25) is 0 Å². The number of carbonyl (C=O) groups excluding carboxylic acids is 1. The molecule has 1 spiro atoms. The predicted octanol–water partition coefficient (Wildman–Crippen LogP) is 3.45. The number of nitrogens with zero attached hydrogens (tertiary/aromatic N) is 1. The van der Waals surface area contributed by atoms with Crippen molar-refractivity contribution in [2.24, 2.45) is 5.92 Å². The fourth-order valence-corrected chi connectivity index (χ4v) is 4.58. The van der Waals surface area contributed by atoms with Gasteiger partial charge in [-0.25, -0.2) is 0 Å². The average molecular weight is 371 g/mol. The summed E-state index contributed by atoms with van der Waals surface area (Å²) in [4.78, 5) is 14.6. The maximum Gasteiger partial charge on any atom is 0.309 e. The van der Waals surface area contributed by atoms with Gasteiger partial charge in [0.1, 0.15) is 12.2 Å². The molecule has 3 aliphatic rings. The molecular formula is C22H29NO4. The van der Waals surface area contributed by atoms with Gasteiger partial charge in [0.05, 0.1) is 18.4 Å². The maximum absolute atomic E-state index is 12.2. The van der Waals surface area contributed by atoms with E-state index in [1.807, 2.05) is 19.9 Å². The first-order chi connectivity index (χ1) is 13.0. The Bertz CT molecular complexity index is 774. The molecule has 0 N–H and O–H groups in total. The molecule has 4 rings (SSSR count). The van der Waals surface area contributed by atoms with Gasteiger partial charge in [0.25, 0.3) is 0 Å². The SMILES string of the molecule is CCC(C)C(=O)O[C@H]1C=C[C@@]23CCN(C)Cc4ccc(OC)c(c42)OC3C1. The van der Waals surface area contributed by atoms with Gasteiger partial charge in [-0.3, -0.25) is 4.79 Å². The summed E-state index contributed by atoms with van der Waals surface area (Å²) < 4.78 is 17.8. The summed E-state index contributed by atoms with van der Waals surface area (Å²) in [6, 6.07) is 4.17. The van der Waals surface area contributed by atoms with Crippen molar-refractivity contribution < 1.29 is 19.0 Å². The quantitative estimate of drug-likeness (QED) is 0.599. The van der Waals surface area contributed by atoms with E-state index >= 15 is 0 Å². The van der Waals surface area contributed by atoms with Gasteiger partial charge in [-0.05, 0) is 44.1 Å². The highest BCUT2D eigenvalue weighted by Gasteiger charge is 2.53. The van der Waals surface area contributed by atoms with E-state index in [9.17, 15) is 4.79 Å². The molecule has 1 aliphatic carbocycles. The van der Waals surface area contributed by atoms with Gasteiger partial charge in [-0.2, -0.15) is 0 Å². The van der Waals surface area contributed by atoms with E-state index in [0.717, 1.165) is 37.4 Å². The number of benzene rings is 1. The molecule has 1 aromatic carbocycles. The molecule has 0 bridgehead atoms. The number of rotatable bonds is 4. The second-order valence-electron chi connectivity index (χ2n) is 8.15. The number of carbonyl (C=O) groups is 1. The second-order valence-corrected chi connectivity index (χ2v) is 8.15. The third-order valence-corrected chi connectivity index (χ3v) is 6.41. The van der Waals surface area contributed by atoms with Crippen LogP contribution in [0.3, 0.4) is 0 Å². The second kappa shape index (κ2) is 6.86. The largest absolute Gasteiger partial charge is 0.493 e. The normalized spacial score (nSPS) is 29.9. The Hall–Kier alpha value is -2.01. The molecule has 146 valence electrons. The summed E-state index contributed by atoms with van der Waals surface area (Å²) in [6.45, 7) is 5.82. The molecule has 5 heteroatoms. The highest BCUT2D eigenvalue weighted by molar-refractivity contribution is 5.72. The Morgan fingerprint density at radius 3 is 3.00 bits per heavy atom. The van der Waals surface area contributed by atoms with Crippen molar-refractivity contribution in [3.05, 3.63) is 35.4 Å². The van der Waals surface area contributed by atoms with Gasteiger partial charge in [0.2, 0.25) is 0 Å². The Morgan fingerprint density at radius 1 is 1.44 bits per heavy atom. The van der Waals surface area contributed by atoms with Crippen molar-refractivity contribution in [1.82, 2.24) is 4.90 Å². The number of ether oxygens (including phenoxy) is 3.